The highest BCUT2D eigenvalue weighted by atomic mass is 16.5. The highest BCUT2D eigenvalue weighted by molar-refractivity contribution is 5.78. The summed E-state index contributed by atoms with van der Waals surface area (Å²) >= 11 is 0. The second-order valence-corrected chi connectivity index (χ2v) is 8.79. The lowest BCUT2D eigenvalue weighted by Crippen LogP contribution is -2.33. The van der Waals surface area contributed by atoms with E-state index in [-0.39, 0.29) is 18.2 Å². The Morgan fingerprint density at radius 1 is 1.03 bits per heavy atom. The van der Waals surface area contributed by atoms with Crippen molar-refractivity contribution in [3.8, 4) is 5.75 Å². The van der Waals surface area contributed by atoms with Crippen molar-refractivity contribution in [2.24, 2.45) is 0 Å². The molecule has 35 heavy (non-hydrogen) atoms. The Morgan fingerprint density at radius 2 is 1.71 bits per heavy atom. The Bertz CT molecular complexity index is 1250. The van der Waals surface area contributed by atoms with E-state index in [0.29, 0.717) is 31.3 Å². The van der Waals surface area contributed by atoms with E-state index in [1.54, 1.807) is 4.90 Å². The Morgan fingerprint density at radius 3 is 2.34 bits per heavy atom. The van der Waals surface area contributed by atoms with Gasteiger partial charge in [-0.1, -0.05) is 66.7 Å². The van der Waals surface area contributed by atoms with Gasteiger partial charge in [-0.15, -0.1) is 0 Å². The Balaban J connectivity index is 1.42. The van der Waals surface area contributed by atoms with Crippen molar-refractivity contribution in [3.05, 3.63) is 113 Å². The smallest absolute Gasteiger partial charge is 0.230 e. The van der Waals surface area contributed by atoms with Gasteiger partial charge in [-0.3, -0.25) is 9.89 Å². The number of aromatic amines is 1. The maximum atomic E-state index is 13.0. The molecule has 0 radical (unpaired) electrons. The highest BCUT2D eigenvalue weighted by Crippen LogP contribution is 2.38. The fourth-order valence-corrected chi connectivity index (χ4v) is 4.60. The van der Waals surface area contributed by atoms with Crippen LogP contribution in [-0.4, -0.2) is 44.2 Å². The van der Waals surface area contributed by atoms with Crippen molar-refractivity contribution in [1.29, 1.82) is 0 Å². The molecule has 7 nitrogen and oxygen atoms in total. The predicted molar refractivity (Wildman–Crippen MR) is 132 cm³/mol. The van der Waals surface area contributed by atoms with E-state index in [2.05, 4.69) is 15.2 Å². The molecule has 0 saturated carbocycles. The number of benzene rings is 3. The van der Waals surface area contributed by atoms with Crippen LogP contribution in [0.15, 0.2) is 78.9 Å². The van der Waals surface area contributed by atoms with Gasteiger partial charge in [0.25, 0.3) is 0 Å². The van der Waals surface area contributed by atoms with E-state index in [9.17, 15) is 9.90 Å². The molecule has 1 amide bonds. The second kappa shape index (κ2) is 10.1. The summed E-state index contributed by atoms with van der Waals surface area (Å²) in [6, 6.07) is 25.8. The highest BCUT2D eigenvalue weighted by Gasteiger charge is 2.27. The number of fused-ring (bicyclic) bond motifs is 1. The molecule has 1 aliphatic heterocycles. The first kappa shape index (κ1) is 22.8. The predicted octanol–water partition coefficient (Wildman–Crippen LogP) is 3.94. The van der Waals surface area contributed by atoms with E-state index in [4.69, 9.17) is 4.74 Å². The summed E-state index contributed by atoms with van der Waals surface area (Å²) in [4.78, 5) is 19.0. The molecule has 5 rings (SSSR count). The maximum Gasteiger partial charge on any atom is 0.230 e. The van der Waals surface area contributed by atoms with Crippen molar-refractivity contribution in [2.45, 2.75) is 31.9 Å². The lowest BCUT2D eigenvalue weighted by Gasteiger charge is -2.25. The third-order valence-corrected chi connectivity index (χ3v) is 6.34. The number of nitrogens with one attached hydrogen (secondary N) is 1. The van der Waals surface area contributed by atoms with E-state index in [1.165, 1.54) is 0 Å². The van der Waals surface area contributed by atoms with Gasteiger partial charge in [0.15, 0.2) is 5.82 Å². The van der Waals surface area contributed by atoms with Crippen LogP contribution in [0.1, 0.15) is 45.9 Å². The summed E-state index contributed by atoms with van der Waals surface area (Å²) in [5.74, 6) is 1.62. The summed E-state index contributed by atoms with van der Waals surface area (Å²) in [7, 11) is 0. The molecular formula is C28H28N4O3. The molecule has 178 valence electrons. The van der Waals surface area contributed by atoms with Gasteiger partial charge in [-0.05, 0) is 35.7 Å². The summed E-state index contributed by atoms with van der Waals surface area (Å²) in [6.07, 6.45) is -0.639. The number of rotatable bonds is 6. The molecule has 0 fully saturated rings. The van der Waals surface area contributed by atoms with E-state index < -0.39 is 6.10 Å². The van der Waals surface area contributed by atoms with Crippen LogP contribution in [0, 0.1) is 6.92 Å². The second-order valence-electron chi connectivity index (χ2n) is 8.79. The third-order valence-electron chi connectivity index (χ3n) is 6.34. The number of nitrogens with zero attached hydrogens (tertiary/aromatic N) is 3. The minimum absolute atomic E-state index is 0.0575. The molecule has 1 aliphatic rings. The monoisotopic (exact) mass is 468 g/mol. The Labute approximate surface area is 204 Å². The van der Waals surface area contributed by atoms with Gasteiger partial charge >= 0.3 is 0 Å². The summed E-state index contributed by atoms with van der Waals surface area (Å²) in [6.45, 7) is 3.09. The molecular weight excluding hydrogens is 440 g/mol. The summed E-state index contributed by atoms with van der Waals surface area (Å²) in [5.41, 5.74) is 3.73. The molecule has 2 heterocycles. The number of aromatic nitrogens is 3. The van der Waals surface area contributed by atoms with Gasteiger partial charge in [0.2, 0.25) is 5.91 Å². The third kappa shape index (κ3) is 5.10. The molecule has 7 heteroatoms. The number of amides is 1. The minimum Gasteiger partial charge on any atom is -0.491 e. The van der Waals surface area contributed by atoms with Gasteiger partial charge < -0.3 is 14.7 Å². The SMILES string of the molecule is Cc1nc(CC(=O)N2CCOc3ccc(C(O)C(c4ccccc4)c4ccccc4)cc3C2)n[nH]1. The zero-order valence-corrected chi connectivity index (χ0v) is 19.6. The zero-order valence-electron chi connectivity index (χ0n) is 19.6. The average Bonchev–Trinajstić information content (AvgIpc) is 3.17. The molecule has 4 aromatic rings. The first-order chi connectivity index (χ1) is 17.1. The van der Waals surface area contributed by atoms with Crippen molar-refractivity contribution >= 4 is 5.91 Å². The standard InChI is InChI=1S/C28H28N4O3/c1-19-29-25(31-30-19)17-26(33)32-14-15-35-24-13-12-22(16-23(24)18-32)28(34)27(20-8-4-2-5-9-20)21-10-6-3-7-11-21/h2-13,16,27-28,34H,14-15,17-18H2,1H3,(H,29,30,31). The molecule has 1 unspecified atom stereocenters. The lowest BCUT2D eigenvalue weighted by atomic mass is 9.83. The normalized spacial score (nSPS) is 14.2. The van der Waals surface area contributed by atoms with Crippen molar-refractivity contribution in [1.82, 2.24) is 20.1 Å². The first-order valence-electron chi connectivity index (χ1n) is 11.8. The summed E-state index contributed by atoms with van der Waals surface area (Å²) < 4.78 is 5.93. The lowest BCUT2D eigenvalue weighted by molar-refractivity contribution is -0.131. The minimum atomic E-state index is -0.770. The molecule has 1 aromatic heterocycles. The maximum absolute atomic E-state index is 13.0. The van der Waals surface area contributed by atoms with Gasteiger partial charge in [0, 0.05) is 18.0 Å². The molecule has 0 bridgehead atoms. The number of H-pyrrole nitrogens is 1. The average molecular weight is 469 g/mol. The van der Waals surface area contributed by atoms with Crippen LogP contribution >= 0.6 is 0 Å². The topological polar surface area (TPSA) is 91.3 Å². The number of hydrogen-bond acceptors (Lipinski definition) is 5. The van der Waals surface area contributed by atoms with Gasteiger partial charge in [0.1, 0.15) is 18.2 Å². The van der Waals surface area contributed by atoms with Gasteiger partial charge in [-0.2, -0.15) is 5.10 Å². The van der Waals surface area contributed by atoms with Crippen LogP contribution < -0.4 is 4.74 Å². The molecule has 1 atom stereocenters. The van der Waals surface area contributed by atoms with Crippen LogP contribution in [0.25, 0.3) is 0 Å². The summed E-state index contributed by atoms with van der Waals surface area (Å²) in [5, 5.41) is 18.5. The number of carbonyl (C=O) groups excluding carboxylic acids is 1. The van der Waals surface area contributed by atoms with E-state index >= 15 is 0 Å². The number of aliphatic hydroxyl groups excluding tert-OH is 1. The van der Waals surface area contributed by atoms with Crippen LogP contribution in [0.3, 0.4) is 0 Å². The van der Waals surface area contributed by atoms with Crippen LogP contribution in [0.4, 0.5) is 0 Å². The Hall–Kier alpha value is -3.97. The van der Waals surface area contributed by atoms with E-state index in [1.807, 2.05) is 85.8 Å². The number of ether oxygens (including phenoxy) is 1. The number of hydrogen-bond donors (Lipinski definition) is 2. The van der Waals surface area contributed by atoms with Crippen molar-refractivity contribution in [2.75, 3.05) is 13.2 Å². The van der Waals surface area contributed by atoms with Crippen molar-refractivity contribution < 1.29 is 14.6 Å². The van der Waals surface area contributed by atoms with Crippen LogP contribution in [0.5, 0.6) is 5.75 Å². The number of aliphatic hydroxyl groups is 1. The fourth-order valence-electron chi connectivity index (χ4n) is 4.60. The largest absolute Gasteiger partial charge is 0.491 e. The van der Waals surface area contributed by atoms with Gasteiger partial charge in [0.05, 0.1) is 19.1 Å². The molecule has 0 spiro atoms. The van der Waals surface area contributed by atoms with E-state index in [0.717, 1.165) is 28.0 Å². The van der Waals surface area contributed by atoms with Crippen molar-refractivity contribution in [3.63, 3.8) is 0 Å². The van der Waals surface area contributed by atoms with Crippen LogP contribution in [-0.2, 0) is 17.8 Å². The Kier molecular flexibility index (Phi) is 6.59. The van der Waals surface area contributed by atoms with Crippen LogP contribution in [0.2, 0.25) is 0 Å². The number of aryl methyl sites for hydroxylation is 1. The molecule has 0 saturated heterocycles. The molecule has 0 aliphatic carbocycles. The van der Waals surface area contributed by atoms with Gasteiger partial charge in [-0.25, -0.2) is 4.98 Å². The molecule has 3 aromatic carbocycles. The molecule has 2 N–H and O–H groups in total. The first-order valence-corrected chi connectivity index (χ1v) is 11.8. The zero-order chi connectivity index (χ0) is 24.2. The fraction of sp³-hybridized carbons (Fsp3) is 0.250. The number of carbonyl (C=O) groups is 1. The quantitative estimate of drug-likeness (QED) is 0.447.